The Morgan fingerprint density at radius 3 is 2.45 bits per heavy atom. The van der Waals surface area contributed by atoms with E-state index in [0.29, 0.717) is 23.4 Å². The lowest BCUT2D eigenvalue weighted by Crippen LogP contribution is -2.46. The van der Waals surface area contributed by atoms with Gasteiger partial charge >= 0.3 is 0 Å². The van der Waals surface area contributed by atoms with E-state index >= 15 is 0 Å². The molecule has 2 saturated carbocycles. The fourth-order valence-electron chi connectivity index (χ4n) is 4.63. The van der Waals surface area contributed by atoms with E-state index in [0.717, 1.165) is 13.0 Å². The van der Waals surface area contributed by atoms with Gasteiger partial charge in [0.2, 0.25) is 5.91 Å². The topological polar surface area (TPSA) is 32.3 Å². The Balaban J connectivity index is 1.74. The highest BCUT2D eigenvalue weighted by molar-refractivity contribution is 5.84. The van der Waals surface area contributed by atoms with Gasteiger partial charge in [-0.25, -0.2) is 0 Å². The molecule has 0 spiro atoms. The number of carbonyl (C=O) groups excluding carboxylic acids is 1. The van der Waals surface area contributed by atoms with Crippen molar-refractivity contribution in [1.82, 2.24) is 10.2 Å². The Labute approximate surface area is 123 Å². The molecule has 3 rings (SSSR count). The van der Waals surface area contributed by atoms with Gasteiger partial charge in [-0.15, -0.1) is 0 Å². The molecule has 114 valence electrons. The normalized spacial score (nSPS) is 34.3. The molecule has 1 amide bonds. The van der Waals surface area contributed by atoms with Crippen LogP contribution >= 0.6 is 0 Å². The molecule has 2 aliphatic carbocycles. The van der Waals surface area contributed by atoms with E-state index in [2.05, 4.69) is 24.1 Å². The number of nitrogens with zero attached hydrogens (tertiary/aromatic N) is 1. The third-order valence-corrected chi connectivity index (χ3v) is 5.91. The summed E-state index contributed by atoms with van der Waals surface area (Å²) in [6.07, 6.45) is 11.8. The number of rotatable bonds is 4. The van der Waals surface area contributed by atoms with Gasteiger partial charge in [0.1, 0.15) is 0 Å². The zero-order chi connectivity index (χ0) is 14.2. The summed E-state index contributed by atoms with van der Waals surface area (Å²) < 4.78 is 0. The lowest BCUT2D eigenvalue weighted by Gasteiger charge is -2.35. The first-order valence-electron chi connectivity index (χ1n) is 8.69. The maximum Gasteiger partial charge on any atom is 0.241 e. The molecule has 3 aliphatic rings. The first-order valence-corrected chi connectivity index (χ1v) is 8.69. The van der Waals surface area contributed by atoms with Crippen LogP contribution in [0.1, 0.15) is 71.6 Å². The molecule has 3 heteroatoms. The molecule has 3 fully saturated rings. The molecule has 1 saturated heterocycles. The average molecular weight is 278 g/mol. The zero-order valence-corrected chi connectivity index (χ0v) is 13.2. The van der Waals surface area contributed by atoms with E-state index in [9.17, 15) is 4.79 Å². The van der Waals surface area contributed by atoms with Gasteiger partial charge in [-0.3, -0.25) is 10.1 Å². The second kappa shape index (κ2) is 5.67. The van der Waals surface area contributed by atoms with Gasteiger partial charge in [-0.05, 0) is 43.4 Å². The molecule has 2 unspecified atom stereocenters. The number of hydrogen-bond acceptors (Lipinski definition) is 2. The van der Waals surface area contributed by atoms with E-state index in [1.165, 1.54) is 51.4 Å². The third-order valence-electron chi connectivity index (χ3n) is 5.91. The number of amides is 1. The Hall–Kier alpha value is -0.570. The summed E-state index contributed by atoms with van der Waals surface area (Å²) in [6, 6.07) is 0.0746. The minimum absolute atomic E-state index is 0.0746. The Morgan fingerprint density at radius 2 is 1.85 bits per heavy atom. The van der Waals surface area contributed by atoms with E-state index in [4.69, 9.17) is 0 Å². The minimum Gasteiger partial charge on any atom is -0.325 e. The van der Waals surface area contributed by atoms with Crippen molar-refractivity contribution in [1.29, 1.82) is 0 Å². The molecule has 1 aliphatic heterocycles. The molecular weight excluding hydrogens is 248 g/mol. The standard InChI is InChI=1S/C17H30N2O/c1-3-14-16(20)19(12-17(2)10-6-7-11-17)15(18-14)13-8-4-5-9-13/h13-15,18H,3-12H2,1-2H3. The van der Waals surface area contributed by atoms with Gasteiger partial charge in [0.25, 0.3) is 0 Å². The maximum atomic E-state index is 12.7. The predicted molar refractivity (Wildman–Crippen MR) is 81.2 cm³/mol. The van der Waals surface area contributed by atoms with Gasteiger partial charge in [0.05, 0.1) is 12.2 Å². The highest BCUT2D eigenvalue weighted by Crippen LogP contribution is 2.41. The highest BCUT2D eigenvalue weighted by Gasteiger charge is 2.45. The van der Waals surface area contributed by atoms with E-state index in [-0.39, 0.29) is 6.04 Å². The van der Waals surface area contributed by atoms with Gasteiger partial charge in [-0.2, -0.15) is 0 Å². The van der Waals surface area contributed by atoms with Crippen LogP contribution in [0.2, 0.25) is 0 Å². The highest BCUT2D eigenvalue weighted by atomic mass is 16.2. The molecule has 3 nitrogen and oxygen atoms in total. The zero-order valence-electron chi connectivity index (χ0n) is 13.2. The molecule has 0 bridgehead atoms. The Morgan fingerprint density at radius 1 is 1.20 bits per heavy atom. The van der Waals surface area contributed by atoms with Crippen molar-refractivity contribution >= 4 is 5.91 Å². The van der Waals surface area contributed by atoms with Crippen molar-refractivity contribution in [3.8, 4) is 0 Å². The first kappa shape index (κ1) is 14.4. The quantitative estimate of drug-likeness (QED) is 0.856. The summed E-state index contributed by atoms with van der Waals surface area (Å²) in [5.41, 5.74) is 0.372. The SMILES string of the molecule is CCC1NC(C2CCCC2)N(CC2(C)CCCC2)C1=O. The van der Waals surface area contributed by atoms with Crippen LogP contribution in [0.3, 0.4) is 0 Å². The van der Waals surface area contributed by atoms with E-state index in [1.54, 1.807) is 0 Å². The maximum absolute atomic E-state index is 12.7. The molecule has 0 aromatic rings. The summed E-state index contributed by atoms with van der Waals surface area (Å²) in [6.45, 7) is 5.50. The van der Waals surface area contributed by atoms with Crippen LogP contribution in [-0.4, -0.2) is 29.6 Å². The van der Waals surface area contributed by atoms with Crippen molar-refractivity contribution in [2.45, 2.75) is 83.8 Å². The van der Waals surface area contributed by atoms with Crippen molar-refractivity contribution in [2.75, 3.05) is 6.54 Å². The summed E-state index contributed by atoms with van der Waals surface area (Å²) in [7, 11) is 0. The van der Waals surface area contributed by atoms with Crippen LogP contribution < -0.4 is 5.32 Å². The second-order valence-corrected chi connectivity index (χ2v) is 7.60. The van der Waals surface area contributed by atoms with Gasteiger partial charge < -0.3 is 4.90 Å². The molecule has 20 heavy (non-hydrogen) atoms. The Kier molecular flexibility index (Phi) is 4.07. The average Bonchev–Trinajstić information content (AvgIpc) is 3.13. The summed E-state index contributed by atoms with van der Waals surface area (Å²) >= 11 is 0. The van der Waals surface area contributed by atoms with Gasteiger partial charge in [0.15, 0.2) is 0 Å². The third kappa shape index (κ3) is 2.61. The van der Waals surface area contributed by atoms with Crippen LogP contribution in [0, 0.1) is 11.3 Å². The Bertz CT molecular complexity index is 356. The van der Waals surface area contributed by atoms with Crippen molar-refractivity contribution in [3.05, 3.63) is 0 Å². The monoisotopic (exact) mass is 278 g/mol. The number of nitrogens with one attached hydrogen (secondary N) is 1. The minimum atomic E-state index is 0.0746. The van der Waals surface area contributed by atoms with Crippen LogP contribution in [0.5, 0.6) is 0 Å². The van der Waals surface area contributed by atoms with Crippen LogP contribution in [0.25, 0.3) is 0 Å². The molecule has 0 radical (unpaired) electrons. The molecule has 0 aromatic carbocycles. The van der Waals surface area contributed by atoms with Crippen molar-refractivity contribution in [2.24, 2.45) is 11.3 Å². The van der Waals surface area contributed by atoms with E-state index in [1.807, 2.05) is 0 Å². The summed E-state index contributed by atoms with van der Waals surface area (Å²) in [5, 5.41) is 3.65. The fourth-order valence-corrected chi connectivity index (χ4v) is 4.63. The molecular formula is C17H30N2O. The molecule has 2 atom stereocenters. The number of hydrogen-bond donors (Lipinski definition) is 1. The lowest BCUT2D eigenvalue weighted by atomic mass is 9.87. The van der Waals surface area contributed by atoms with E-state index < -0.39 is 0 Å². The number of carbonyl (C=O) groups is 1. The van der Waals surface area contributed by atoms with Crippen molar-refractivity contribution < 1.29 is 4.79 Å². The van der Waals surface area contributed by atoms with Crippen LogP contribution in [0.4, 0.5) is 0 Å². The van der Waals surface area contributed by atoms with Gasteiger partial charge in [0, 0.05) is 6.54 Å². The fraction of sp³-hybridized carbons (Fsp3) is 0.941. The predicted octanol–water partition coefficient (Wildman–Crippen LogP) is 3.29. The molecule has 1 heterocycles. The summed E-state index contributed by atoms with van der Waals surface area (Å²) in [4.78, 5) is 14.9. The van der Waals surface area contributed by atoms with Crippen LogP contribution in [-0.2, 0) is 4.79 Å². The lowest BCUT2D eigenvalue weighted by molar-refractivity contribution is -0.132. The first-order chi connectivity index (χ1) is 9.63. The van der Waals surface area contributed by atoms with Crippen molar-refractivity contribution in [3.63, 3.8) is 0 Å². The van der Waals surface area contributed by atoms with Gasteiger partial charge in [-0.1, -0.05) is 39.5 Å². The largest absolute Gasteiger partial charge is 0.325 e. The molecule has 1 N–H and O–H groups in total. The van der Waals surface area contributed by atoms with Crippen LogP contribution in [0.15, 0.2) is 0 Å². The molecule has 0 aromatic heterocycles. The second-order valence-electron chi connectivity index (χ2n) is 7.60. The summed E-state index contributed by atoms with van der Waals surface area (Å²) in [5.74, 6) is 1.07. The smallest absolute Gasteiger partial charge is 0.241 e.